The van der Waals surface area contributed by atoms with Gasteiger partial charge in [0.15, 0.2) is 0 Å². The first kappa shape index (κ1) is 14.9. The second-order valence-electron chi connectivity index (χ2n) is 6.61. The molecule has 0 aromatic heterocycles. The molecule has 1 saturated heterocycles. The minimum atomic E-state index is -0.620. The van der Waals surface area contributed by atoms with Gasteiger partial charge in [0.05, 0.1) is 5.92 Å². The smallest absolute Gasteiger partial charge is 0.308 e. The Morgan fingerprint density at radius 1 is 1.33 bits per heavy atom. The van der Waals surface area contributed by atoms with Crippen LogP contribution in [-0.2, 0) is 11.3 Å². The van der Waals surface area contributed by atoms with Gasteiger partial charge in [-0.1, -0.05) is 43.0 Å². The van der Waals surface area contributed by atoms with Gasteiger partial charge in [-0.2, -0.15) is 0 Å². The number of halogens is 1. The molecule has 1 N–H and O–H groups in total. The highest BCUT2D eigenvalue weighted by Gasteiger charge is 2.50. The SMILES string of the molecule is O=C(O)[C@@H]1CN(Cc2cccc(Cl)c2)CC12CCCCC2. The minimum Gasteiger partial charge on any atom is -0.481 e. The summed E-state index contributed by atoms with van der Waals surface area (Å²) in [7, 11) is 0. The summed E-state index contributed by atoms with van der Waals surface area (Å²) in [5, 5.41) is 10.4. The number of carboxylic acids is 1. The Morgan fingerprint density at radius 2 is 2.10 bits per heavy atom. The summed E-state index contributed by atoms with van der Waals surface area (Å²) in [5.74, 6) is -0.831. The molecule has 4 heteroatoms. The van der Waals surface area contributed by atoms with Crippen LogP contribution >= 0.6 is 11.6 Å². The van der Waals surface area contributed by atoms with Crippen LogP contribution in [0.2, 0.25) is 5.02 Å². The van der Waals surface area contributed by atoms with Crippen molar-refractivity contribution in [3.63, 3.8) is 0 Å². The molecule has 1 atom stereocenters. The van der Waals surface area contributed by atoms with E-state index >= 15 is 0 Å². The summed E-state index contributed by atoms with van der Waals surface area (Å²) in [6.07, 6.45) is 5.73. The first-order valence-corrected chi connectivity index (χ1v) is 8.16. The molecular weight excluding hydrogens is 286 g/mol. The highest BCUT2D eigenvalue weighted by molar-refractivity contribution is 6.30. The number of carboxylic acid groups (broad SMARTS) is 1. The Bertz CT molecular complexity index is 525. The number of carbonyl (C=O) groups is 1. The molecule has 1 spiro atoms. The molecule has 1 saturated carbocycles. The monoisotopic (exact) mass is 307 g/mol. The fourth-order valence-electron chi connectivity index (χ4n) is 4.19. The summed E-state index contributed by atoms with van der Waals surface area (Å²) < 4.78 is 0. The number of hydrogen-bond donors (Lipinski definition) is 1. The summed E-state index contributed by atoms with van der Waals surface area (Å²) in [6, 6.07) is 7.87. The summed E-state index contributed by atoms with van der Waals surface area (Å²) in [5.41, 5.74) is 1.17. The lowest BCUT2D eigenvalue weighted by atomic mass is 9.68. The molecule has 3 rings (SSSR count). The highest BCUT2D eigenvalue weighted by Crippen LogP contribution is 2.47. The first-order chi connectivity index (χ1) is 10.1. The average molecular weight is 308 g/mol. The van der Waals surface area contributed by atoms with Crippen LogP contribution in [-0.4, -0.2) is 29.1 Å². The minimum absolute atomic E-state index is 0.00264. The van der Waals surface area contributed by atoms with E-state index in [0.29, 0.717) is 6.54 Å². The maximum atomic E-state index is 11.7. The van der Waals surface area contributed by atoms with Gasteiger partial charge in [-0.15, -0.1) is 0 Å². The van der Waals surface area contributed by atoms with Crippen molar-refractivity contribution in [3.05, 3.63) is 34.9 Å². The van der Waals surface area contributed by atoms with E-state index in [4.69, 9.17) is 11.6 Å². The van der Waals surface area contributed by atoms with Gasteiger partial charge in [0.25, 0.3) is 0 Å². The summed E-state index contributed by atoms with van der Waals surface area (Å²) in [4.78, 5) is 14.0. The van der Waals surface area contributed by atoms with Crippen molar-refractivity contribution in [2.24, 2.45) is 11.3 Å². The van der Waals surface area contributed by atoms with Crippen molar-refractivity contribution in [2.75, 3.05) is 13.1 Å². The van der Waals surface area contributed by atoms with Crippen LogP contribution in [0.3, 0.4) is 0 Å². The van der Waals surface area contributed by atoms with Crippen molar-refractivity contribution >= 4 is 17.6 Å². The second-order valence-corrected chi connectivity index (χ2v) is 7.05. The molecule has 2 fully saturated rings. The lowest BCUT2D eigenvalue weighted by Crippen LogP contribution is -2.36. The van der Waals surface area contributed by atoms with Crippen LogP contribution in [0.15, 0.2) is 24.3 Å². The number of nitrogens with zero attached hydrogens (tertiary/aromatic N) is 1. The molecule has 1 aliphatic heterocycles. The molecule has 2 aliphatic rings. The third kappa shape index (κ3) is 3.09. The zero-order chi connectivity index (χ0) is 14.9. The van der Waals surface area contributed by atoms with Gasteiger partial charge < -0.3 is 5.11 Å². The van der Waals surface area contributed by atoms with Crippen molar-refractivity contribution in [1.29, 1.82) is 0 Å². The van der Waals surface area contributed by atoms with Gasteiger partial charge >= 0.3 is 5.97 Å². The Labute approximate surface area is 130 Å². The second kappa shape index (κ2) is 5.98. The lowest BCUT2D eigenvalue weighted by molar-refractivity contribution is -0.145. The third-order valence-electron chi connectivity index (χ3n) is 5.16. The predicted octanol–water partition coefficient (Wildman–Crippen LogP) is 3.81. The highest BCUT2D eigenvalue weighted by atomic mass is 35.5. The van der Waals surface area contributed by atoms with Crippen LogP contribution in [0.4, 0.5) is 0 Å². The molecule has 0 radical (unpaired) electrons. The first-order valence-electron chi connectivity index (χ1n) is 7.79. The topological polar surface area (TPSA) is 40.5 Å². The molecule has 1 heterocycles. The predicted molar refractivity (Wildman–Crippen MR) is 83.4 cm³/mol. The quantitative estimate of drug-likeness (QED) is 0.923. The largest absolute Gasteiger partial charge is 0.481 e. The van der Waals surface area contributed by atoms with Crippen LogP contribution in [0, 0.1) is 11.3 Å². The zero-order valence-electron chi connectivity index (χ0n) is 12.2. The van der Waals surface area contributed by atoms with Crippen molar-refractivity contribution in [3.8, 4) is 0 Å². The van der Waals surface area contributed by atoms with E-state index < -0.39 is 5.97 Å². The van der Waals surface area contributed by atoms with Crippen LogP contribution in [0.1, 0.15) is 37.7 Å². The third-order valence-corrected chi connectivity index (χ3v) is 5.40. The van der Waals surface area contributed by atoms with E-state index in [2.05, 4.69) is 11.0 Å². The van der Waals surface area contributed by atoms with Crippen molar-refractivity contribution < 1.29 is 9.90 Å². The Hall–Kier alpha value is -1.06. The van der Waals surface area contributed by atoms with E-state index in [9.17, 15) is 9.90 Å². The number of likely N-dealkylation sites (tertiary alicyclic amines) is 1. The summed E-state index contributed by atoms with van der Waals surface area (Å²) >= 11 is 6.04. The average Bonchev–Trinajstić information content (AvgIpc) is 2.78. The number of benzene rings is 1. The van der Waals surface area contributed by atoms with E-state index in [1.807, 2.05) is 18.2 Å². The Morgan fingerprint density at radius 3 is 2.76 bits per heavy atom. The van der Waals surface area contributed by atoms with Crippen LogP contribution in [0.5, 0.6) is 0 Å². The molecule has 0 unspecified atom stereocenters. The molecule has 21 heavy (non-hydrogen) atoms. The molecular formula is C17H22ClNO2. The number of hydrogen-bond acceptors (Lipinski definition) is 2. The van der Waals surface area contributed by atoms with E-state index in [1.54, 1.807) is 0 Å². The number of rotatable bonds is 3. The Balaban J connectivity index is 1.75. The molecule has 0 bridgehead atoms. The molecule has 114 valence electrons. The summed E-state index contributed by atoms with van der Waals surface area (Å²) in [6.45, 7) is 2.38. The maximum Gasteiger partial charge on any atom is 0.308 e. The van der Waals surface area contributed by atoms with Gasteiger partial charge in [0.2, 0.25) is 0 Å². The van der Waals surface area contributed by atoms with Gasteiger partial charge in [0, 0.05) is 24.7 Å². The molecule has 3 nitrogen and oxygen atoms in total. The molecule has 1 aromatic carbocycles. The van der Waals surface area contributed by atoms with Gasteiger partial charge in [0.1, 0.15) is 0 Å². The lowest BCUT2D eigenvalue weighted by Gasteiger charge is -2.36. The number of aliphatic carboxylic acids is 1. The van der Waals surface area contributed by atoms with E-state index in [0.717, 1.165) is 31.0 Å². The van der Waals surface area contributed by atoms with Crippen molar-refractivity contribution in [1.82, 2.24) is 4.90 Å². The Kier molecular flexibility index (Phi) is 4.23. The zero-order valence-corrected chi connectivity index (χ0v) is 13.0. The van der Waals surface area contributed by atoms with Gasteiger partial charge in [-0.25, -0.2) is 0 Å². The molecule has 1 aromatic rings. The van der Waals surface area contributed by atoms with E-state index in [1.165, 1.54) is 24.8 Å². The standard InChI is InChI=1S/C17H22ClNO2/c18-14-6-4-5-13(9-14)10-19-11-15(16(20)21)17(12-19)7-2-1-3-8-17/h4-6,9,15H,1-3,7-8,10-12H2,(H,20,21)/t15-/m0/s1. The van der Waals surface area contributed by atoms with Crippen LogP contribution < -0.4 is 0 Å². The fraction of sp³-hybridized carbons (Fsp3) is 0.588. The normalized spacial score (nSPS) is 25.3. The maximum absolute atomic E-state index is 11.7. The van der Waals surface area contributed by atoms with Crippen LogP contribution in [0.25, 0.3) is 0 Å². The van der Waals surface area contributed by atoms with E-state index in [-0.39, 0.29) is 11.3 Å². The molecule has 0 amide bonds. The van der Waals surface area contributed by atoms with Gasteiger partial charge in [-0.3, -0.25) is 9.69 Å². The molecule has 1 aliphatic carbocycles. The van der Waals surface area contributed by atoms with Gasteiger partial charge in [-0.05, 0) is 36.0 Å². The fourth-order valence-corrected chi connectivity index (χ4v) is 4.40. The van der Waals surface area contributed by atoms with Crippen molar-refractivity contribution in [2.45, 2.75) is 38.6 Å².